The molecule has 0 saturated carbocycles. The normalized spacial score (nSPS) is 21.1. The van der Waals surface area contributed by atoms with E-state index in [1.165, 1.54) is 4.57 Å². The molecule has 1 aliphatic heterocycles. The minimum atomic E-state index is -0.283. The number of aromatic nitrogens is 1. The third-order valence-electron chi connectivity index (χ3n) is 4.55. The Morgan fingerprint density at radius 3 is 2.83 bits per heavy atom. The number of fused-ring (bicyclic) bond motifs is 1. The summed E-state index contributed by atoms with van der Waals surface area (Å²) in [5.41, 5.74) is 0.124. The van der Waals surface area contributed by atoms with Gasteiger partial charge >= 0.3 is 0 Å². The average molecular weight is 316 g/mol. The molecule has 2 aromatic rings. The number of rotatable bonds is 3. The van der Waals surface area contributed by atoms with Gasteiger partial charge in [-0.05, 0) is 23.9 Å². The van der Waals surface area contributed by atoms with Crippen LogP contribution in [0.1, 0.15) is 16.9 Å². The highest BCUT2D eigenvalue weighted by atomic mass is 16.5. The number of benzene rings is 1. The number of carbonyl (C=O) groups is 1. The number of methoxy groups -OCH3 is 1. The zero-order valence-electron chi connectivity index (χ0n) is 13.2. The number of hydrogen-bond donors (Lipinski definition) is 1. The molecule has 23 heavy (non-hydrogen) atoms. The van der Waals surface area contributed by atoms with Crippen molar-refractivity contribution in [2.75, 3.05) is 20.3 Å². The van der Waals surface area contributed by atoms with Gasteiger partial charge < -0.3 is 19.3 Å². The molecular weight excluding hydrogens is 296 g/mol. The highest BCUT2D eigenvalue weighted by Crippen LogP contribution is 2.22. The SMILES string of the molecule is CO[C@@H]1C[C@@H](CO)N(C(=O)c2cc3ccccc3c(=O)n2C)C1. The molecule has 0 spiro atoms. The average Bonchev–Trinajstić information content (AvgIpc) is 3.01. The van der Waals surface area contributed by atoms with Crippen LogP contribution < -0.4 is 5.56 Å². The Balaban J connectivity index is 2.04. The van der Waals surface area contributed by atoms with E-state index in [9.17, 15) is 14.7 Å². The molecule has 122 valence electrons. The second-order valence-electron chi connectivity index (χ2n) is 5.87. The van der Waals surface area contributed by atoms with Crippen molar-refractivity contribution in [3.8, 4) is 0 Å². The number of amides is 1. The van der Waals surface area contributed by atoms with Gasteiger partial charge in [0, 0.05) is 26.1 Å². The van der Waals surface area contributed by atoms with Crippen LogP contribution in [0.25, 0.3) is 10.8 Å². The maximum atomic E-state index is 12.9. The van der Waals surface area contributed by atoms with Crippen molar-refractivity contribution >= 4 is 16.7 Å². The minimum Gasteiger partial charge on any atom is -0.394 e. The molecule has 1 N–H and O–H groups in total. The maximum Gasteiger partial charge on any atom is 0.271 e. The van der Waals surface area contributed by atoms with Crippen molar-refractivity contribution in [1.29, 1.82) is 0 Å². The molecule has 1 aromatic carbocycles. The Morgan fingerprint density at radius 1 is 1.39 bits per heavy atom. The summed E-state index contributed by atoms with van der Waals surface area (Å²) in [4.78, 5) is 26.9. The number of likely N-dealkylation sites (tertiary alicyclic amines) is 1. The number of ether oxygens (including phenoxy) is 1. The van der Waals surface area contributed by atoms with E-state index in [-0.39, 0.29) is 30.2 Å². The van der Waals surface area contributed by atoms with Crippen molar-refractivity contribution < 1.29 is 14.6 Å². The Morgan fingerprint density at radius 2 is 2.13 bits per heavy atom. The number of pyridine rings is 1. The second kappa shape index (κ2) is 6.14. The quantitative estimate of drug-likeness (QED) is 0.907. The van der Waals surface area contributed by atoms with Crippen molar-refractivity contribution in [2.24, 2.45) is 7.05 Å². The Hall–Kier alpha value is -2.18. The van der Waals surface area contributed by atoms with Crippen LogP contribution in [0, 0.1) is 0 Å². The molecule has 1 aromatic heterocycles. The molecule has 1 saturated heterocycles. The highest BCUT2D eigenvalue weighted by molar-refractivity contribution is 5.97. The third-order valence-corrected chi connectivity index (χ3v) is 4.55. The summed E-state index contributed by atoms with van der Waals surface area (Å²) in [5.74, 6) is -0.256. The summed E-state index contributed by atoms with van der Waals surface area (Å²) in [5, 5.41) is 10.8. The van der Waals surface area contributed by atoms with Crippen LogP contribution >= 0.6 is 0 Å². The number of nitrogens with zero attached hydrogens (tertiary/aromatic N) is 2. The van der Waals surface area contributed by atoms with Crippen molar-refractivity contribution in [1.82, 2.24) is 9.47 Å². The molecule has 6 nitrogen and oxygen atoms in total. The molecule has 1 amide bonds. The first kappa shape index (κ1) is 15.7. The molecule has 2 heterocycles. The van der Waals surface area contributed by atoms with Crippen LogP contribution in [0.3, 0.4) is 0 Å². The minimum absolute atomic E-state index is 0.0893. The number of hydrogen-bond acceptors (Lipinski definition) is 4. The van der Waals surface area contributed by atoms with Crippen LogP contribution in [0.4, 0.5) is 0 Å². The molecule has 1 aliphatic rings. The van der Waals surface area contributed by atoms with E-state index in [2.05, 4.69) is 0 Å². The van der Waals surface area contributed by atoms with Crippen molar-refractivity contribution in [3.63, 3.8) is 0 Å². The van der Waals surface area contributed by atoms with Crippen LogP contribution in [0.15, 0.2) is 35.1 Å². The zero-order valence-corrected chi connectivity index (χ0v) is 13.2. The lowest BCUT2D eigenvalue weighted by molar-refractivity contribution is 0.0637. The van der Waals surface area contributed by atoms with Gasteiger partial charge in [-0.25, -0.2) is 0 Å². The topological polar surface area (TPSA) is 71.8 Å². The molecule has 1 fully saturated rings. The summed E-state index contributed by atoms with van der Waals surface area (Å²) >= 11 is 0. The molecular formula is C17H20N2O4. The van der Waals surface area contributed by atoms with Gasteiger partial charge in [0.1, 0.15) is 5.69 Å². The van der Waals surface area contributed by atoms with Crippen LogP contribution in [0.2, 0.25) is 0 Å². The van der Waals surface area contributed by atoms with Gasteiger partial charge in [0.2, 0.25) is 0 Å². The number of aliphatic hydroxyl groups is 1. The fraction of sp³-hybridized carbons (Fsp3) is 0.412. The molecule has 6 heteroatoms. The van der Waals surface area contributed by atoms with E-state index in [1.54, 1.807) is 37.3 Å². The number of carbonyl (C=O) groups excluding carboxylic acids is 1. The van der Waals surface area contributed by atoms with Gasteiger partial charge in [-0.1, -0.05) is 18.2 Å². The molecule has 2 atom stereocenters. The Bertz CT molecular complexity index is 799. The first-order valence-electron chi connectivity index (χ1n) is 7.60. The summed E-state index contributed by atoms with van der Waals surface area (Å²) in [6.07, 6.45) is 0.508. The van der Waals surface area contributed by atoms with Gasteiger partial charge in [0.05, 0.1) is 18.8 Å². The lowest BCUT2D eigenvalue weighted by Gasteiger charge is -2.24. The first-order valence-corrected chi connectivity index (χ1v) is 7.60. The van der Waals surface area contributed by atoms with Gasteiger partial charge in [-0.2, -0.15) is 0 Å². The van der Waals surface area contributed by atoms with Gasteiger partial charge in [-0.15, -0.1) is 0 Å². The standard InChI is InChI=1S/C17H20N2O4/c1-18-15(7-11-5-3-4-6-14(11)16(18)21)17(22)19-9-13(23-2)8-12(19)10-20/h3-7,12-13,20H,8-10H2,1-2H3/t12-,13+/m0/s1. The van der Waals surface area contributed by atoms with E-state index in [0.29, 0.717) is 24.0 Å². The van der Waals surface area contributed by atoms with E-state index in [1.807, 2.05) is 12.1 Å². The van der Waals surface area contributed by atoms with Crippen LogP contribution in [0.5, 0.6) is 0 Å². The highest BCUT2D eigenvalue weighted by Gasteiger charge is 2.36. The van der Waals surface area contributed by atoms with Gasteiger partial charge in [0.25, 0.3) is 11.5 Å². The summed E-state index contributed by atoms with van der Waals surface area (Å²) in [6, 6.07) is 8.65. The third kappa shape index (κ3) is 2.64. The fourth-order valence-electron chi connectivity index (χ4n) is 3.17. The van der Waals surface area contributed by atoms with Crippen LogP contribution in [-0.4, -0.2) is 52.9 Å². The van der Waals surface area contributed by atoms with E-state index in [4.69, 9.17) is 4.74 Å². The van der Waals surface area contributed by atoms with Crippen molar-refractivity contribution in [2.45, 2.75) is 18.6 Å². The van der Waals surface area contributed by atoms with Crippen LogP contribution in [-0.2, 0) is 11.8 Å². The predicted octanol–water partition coefficient (Wildman–Crippen LogP) is 0.760. The predicted molar refractivity (Wildman–Crippen MR) is 86.5 cm³/mol. The molecule has 3 rings (SSSR count). The largest absolute Gasteiger partial charge is 0.394 e. The monoisotopic (exact) mass is 316 g/mol. The second-order valence-corrected chi connectivity index (χ2v) is 5.87. The van der Waals surface area contributed by atoms with Gasteiger partial charge in [-0.3, -0.25) is 9.59 Å². The summed E-state index contributed by atoms with van der Waals surface area (Å²) in [7, 11) is 3.19. The molecule has 0 radical (unpaired) electrons. The van der Waals surface area contributed by atoms with Crippen molar-refractivity contribution in [3.05, 3.63) is 46.4 Å². The molecule has 0 aliphatic carbocycles. The Labute approximate surface area is 133 Å². The fourth-order valence-corrected chi connectivity index (χ4v) is 3.17. The van der Waals surface area contributed by atoms with Gasteiger partial charge in [0.15, 0.2) is 0 Å². The van der Waals surface area contributed by atoms with E-state index < -0.39 is 0 Å². The Kier molecular flexibility index (Phi) is 4.19. The first-order chi connectivity index (χ1) is 11.1. The molecule has 0 bridgehead atoms. The zero-order chi connectivity index (χ0) is 16.6. The number of aliphatic hydroxyl groups excluding tert-OH is 1. The van der Waals surface area contributed by atoms with E-state index in [0.717, 1.165) is 5.39 Å². The molecule has 0 unspecified atom stereocenters. The lowest BCUT2D eigenvalue weighted by atomic mass is 10.1. The summed E-state index contributed by atoms with van der Waals surface area (Å²) in [6.45, 7) is 0.300. The summed E-state index contributed by atoms with van der Waals surface area (Å²) < 4.78 is 6.68. The van der Waals surface area contributed by atoms with E-state index >= 15 is 0 Å². The maximum absolute atomic E-state index is 12.9. The lowest BCUT2D eigenvalue weighted by Crippen LogP contribution is -2.40. The smallest absolute Gasteiger partial charge is 0.271 e.